The van der Waals surface area contributed by atoms with Gasteiger partial charge in [-0.05, 0) is 42.0 Å². The third-order valence-corrected chi connectivity index (χ3v) is 3.17. The van der Waals surface area contributed by atoms with Gasteiger partial charge in [0.15, 0.2) is 0 Å². The minimum absolute atomic E-state index is 0.0518. The molecule has 1 amide bonds. The van der Waals surface area contributed by atoms with Gasteiger partial charge >= 0.3 is 6.61 Å². The Morgan fingerprint density at radius 3 is 2.29 bits per heavy atom. The van der Waals surface area contributed by atoms with Crippen molar-refractivity contribution in [3.8, 4) is 5.75 Å². The predicted octanol–water partition coefficient (Wildman–Crippen LogP) is 4.23. The molecule has 0 aliphatic rings. The Morgan fingerprint density at radius 2 is 1.71 bits per heavy atom. The molecule has 2 rings (SSSR count). The number of carbonyl (C=O) groups excluding carboxylic acids is 1. The van der Waals surface area contributed by atoms with E-state index in [1.165, 1.54) is 24.3 Å². The van der Waals surface area contributed by atoms with Gasteiger partial charge in [-0.25, -0.2) is 0 Å². The van der Waals surface area contributed by atoms with Gasteiger partial charge in [0.05, 0.1) is 6.42 Å². The SMILES string of the molecule is O=C(Cc1ccc(Br)cc1)Nc1ccc(OC(F)F)cc1. The summed E-state index contributed by atoms with van der Waals surface area (Å²) in [5, 5.41) is 2.69. The zero-order valence-corrected chi connectivity index (χ0v) is 12.4. The number of carbonyl (C=O) groups is 1. The van der Waals surface area contributed by atoms with Crippen LogP contribution in [0.1, 0.15) is 5.56 Å². The Kier molecular flexibility index (Phi) is 5.27. The number of hydrogen-bond acceptors (Lipinski definition) is 2. The Bertz CT molecular complexity index is 600. The molecule has 0 atom stereocenters. The quantitative estimate of drug-likeness (QED) is 0.871. The Labute approximate surface area is 129 Å². The lowest BCUT2D eigenvalue weighted by Gasteiger charge is -2.07. The molecule has 21 heavy (non-hydrogen) atoms. The first-order chi connectivity index (χ1) is 10.0. The van der Waals surface area contributed by atoms with E-state index >= 15 is 0 Å². The maximum Gasteiger partial charge on any atom is 0.387 e. The second-order valence-electron chi connectivity index (χ2n) is 4.25. The van der Waals surface area contributed by atoms with Crippen LogP contribution in [-0.2, 0) is 11.2 Å². The van der Waals surface area contributed by atoms with Gasteiger partial charge in [0.25, 0.3) is 0 Å². The van der Waals surface area contributed by atoms with E-state index in [4.69, 9.17) is 0 Å². The fraction of sp³-hybridized carbons (Fsp3) is 0.133. The number of hydrogen-bond donors (Lipinski definition) is 1. The van der Waals surface area contributed by atoms with Crippen molar-refractivity contribution in [2.75, 3.05) is 5.32 Å². The zero-order valence-electron chi connectivity index (χ0n) is 10.9. The highest BCUT2D eigenvalue weighted by Gasteiger charge is 2.06. The van der Waals surface area contributed by atoms with Gasteiger partial charge in [-0.3, -0.25) is 4.79 Å². The van der Waals surface area contributed by atoms with E-state index in [1.54, 1.807) is 0 Å². The van der Waals surface area contributed by atoms with Crippen LogP contribution < -0.4 is 10.1 Å². The molecule has 0 saturated heterocycles. The normalized spacial score (nSPS) is 10.5. The number of halogens is 3. The highest BCUT2D eigenvalue weighted by molar-refractivity contribution is 9.10. The number of ether oxygens (including phenoxy) is 1. The van der Waals surface area contributed by atoms with Crippen molar-refractivity contribution in [3.63, 3.8) is 0 Å². The summed E-state index contributed by atoms with van der Waals surface area (Å²) in [6.07, 6.45) is 0.239. The molecule has 0 heterocycles. The van der Waals surface area contributed by atoms with Gasteiger partial charge in [0, 0.05) is 10.2 Å². The van der Waals surface area contributed by atoms with Crippen LogP contribution in [0.2, 0.25) is 0 Å². The summed E-state index contributed by atoms with van der Waals surface area (Å²) in [7, 11) is 0. The van der Waals surface area contributed by atoms with Crippen LogP contribution in [0.3, 0.4) is 0 Å². The van der Waals surface area contributed by atoms with E-state index in [2.05, 4.69) is 26.0 Å². The number of nitrogens with one attached hydrogen (secondary N) is 1. The predicted molar refractivity (Wildman–Crippen MR) is 79.5 cm³/mol. The molecule has 6 heteroatoms. The monoisotopic (exact) mass is 355 g/mol. The average molecular weight is 356 g/mol. The van der Waals surface area contributed by atoms with Crippen LogP contribution in [0.5, 0.6) is 5.75 Å². The van der Waals surface area contributed by atoms with Crippen molar-refractivity contribution >= 4 is 27.5 Å². The van der Waals surface area contributed by atoms with Crippen molar-refractivity contribution in [2.45, 2.75) is 13.0 Å². The van der Waals surface area contributed by atoms with Gasteiger partial charge in [0.1, 0.15) is 5.75 Å². The largest absolute Gasteiger partial charge is 0.435 e. The van der Waals surface area contributed by atoms with Crippen molar-refractivity contribution in [2.24, 2.45) is 0 Å². The van der Waals surface area contributed by atoms with Crippen LogP contribution >= 0.6 is 15.9 Å². The highest BCUT2D eigenvalue weighted by Crippen LogP contribution is 2.18. The smallest absolute Gasteiger partial charge is 0.387 e. The molecule has 1 N–H and O–H groups in total. The first-order valence-electron chi connectivity index (χ1n) is 6.12. The molecule has 0 spiro atoms. The lowest BCUT2D eigenvalue weighted by molar-refractivity contribution is -0.115. The molecule has 3 nitrogen and oxygen atoms in total. The summed E-state index contributed by atoms with van der Waals surface area (Å²) in [5.74, 6) is -0.129. The molecule has 0 aromatic heterocycles. The first kappa shape index (κ1) is 15.4. The second-order valence-corrected chi connectivity index (χ2v) is 5.17. The van der Waals surface area contributed by atoms with Crippen LogP contribution in [0, 0.1) is 0 Å². The summed E-state index contributed by atoms with van der Waals surface area (Å²) in [6, 6.07) is 13.2. The van der Waals surface area contributed by atoms with E-state index in [0.29, 0.717) is 5.69 Å². The van der Waals surface area contributed by atoms with E-state index in [0.717, 1.165) is 10.0 Å². The van der Waals surface area contributed by atoms with E-state index < -0.39 is 6.61 Å². The van der Waals surface area contributed by atoms with Crippen LogP contribution in [-0.4, -0.2) is 12.5 Å². The third-order valence-electron chi connectivity index (χ3n) is 2.64. The molecule has 0 unspecified atom stereocenters. The van der Waals surface area contributed by atoms with Crippen molar-refractivity contribution in [1.82, 2.24) is 0 Å². The van der Waals surface area contributed by atoms with E-state index in [-0.39, 0.29) is 18.1 Å². The summed E-state index contributed by atoms with van der Waals surface area (Å²) in [5.41, 5.74) is 1.41. The lowest BCUT2D eigenvalue weighted by atomic mass is 10.1. The fourth-order valence-corrected chi connectivity index (χ4v) is 1.98. The van der Waals surface area contributed by atoms with Gasteiger partial charge in [-0.15, -0.1) is 0 Å². The Balaban J connectivity index is 1.91. The number of amides is 1. The van der Waals surface area contributed by atoms with E-state index in [9.17, 15) is 13.6 Å². The molecule has 0 aliphatic carbocycles. The topological polar surface area (TPSA) is 38.3 Å². The number of alkyl halides is 2. The number of benzene rings is 2. The molecule has 0 aliphatic heterocycles. The molecule has 2 aromatic rings. The number of anilines is 1. The molecule has 2 aromatic carbocycles. The fourth-order valence-electron chi connectivity index (χ4n) is 1.71. The summed E-state index contributed by atoms with van der Waals surface area (Å²) in [6.45, 7) is -2.86. The van der Waals surface area contributed by atoms with Gasteiger partial charge in [0.2, 0.25) is 5.91 Å². The van der Waals surface area contributed by atoms with Gasteiger partial charge in [-0.1, -0.05) is 28.1 Å². The maximum atomic E-state index is 12.0. The summed E-state index contributed by atoms with van der Waals surface area (Å²) < 4.78 is 29.2. The Hall–Kier alpha value is -1.95. The minimum Gasteiger partial charge on any atom is -0.435 e. The maximum absolute atomic E-state index is 12.0. The van der Waals surface area contributed by atoms with Crippen LogP contribution in [0.25, 0.3) is 0 Å². The number of rotatable bonds is 5. The third kappa shape index (κ3) is 5.15. The zero-order chi connectivity index (χ0) is 15.2. The van der Waals surface area contributed by atoms with Crippen LogP contribution in [0.15, 0.2) is 53.0 Å². The molecular weight excluding hydrogens is 344 g/mol. The molecule has 0 radical (unpaired) electrons. The highest BCUT2D eigenvalue weighted by atomic mass is 79.9. The first-order valence-corrected chi connectivity index (χ1v) is 6.91. The summed E-state index contributed by atoms with van der Waals surface area (Å²) in [4.78, 5) is 11.9. The minimum atomic E-state index is -2.86. The van der Waals surface area contributed by atoms with Gasteiger partial charge < -0.3 is 10.1 Å². The molecular formula is C15H12BrF2NO2. The van der Waals surface area contributed by atoms with Gasteiger partial charge in [-0.2, -0.15) is 8.78 Å². The molecule has 0 bridgehead atoms. The van der Waals surface area contributed by atoms with E-state index in [1.807, 2.05) is 24.3 Å². The van der Waals surface area contributed by atoms with Crippen LogP contribution in [0.4, 0.5) is 14.5 Å². The molecule has 0 fully saturated rings. The standard InChI is InChI=1S/C15H12BrF2NO2/c16-11-3-1-10(2-4-11)9-14(20)19-12-5-7-13(8-6-12)21-15(17)18/h1-8,15H,9H2,(H,19,20). The average Bonchev–Trinajstić information content (AvgIpc) is 2.43. The van der Waals surface area contributed by atoms with Crippen molar-refractivity contribution < 1.29 is 18.3 Å². The molecule has 0 saturated carbocycles. The second kappa shape index (κ2) is 7.17. The Morgan fingerprint density at radius 1 is 1.10 bits per heavy atom. The molecule has 110 valence electrons. The summed E-state index contributed by atoms with van der Waals surface area (Å²) >= 11 is 3.32. The lowest BCUT2D eigenvalue weighted by Crippen LogP contribution is -2.14. The van der Waals surface area contributed by atoms with Crippen molar-refractivity contribution in [3.05, 3.63) is 58.6 Å². The van der Waals surface area contributed by atoms with Crippen molar-refractivity contribution in [1.29, 1.82) is 0 Å².